The molecule has 2 amide bonds. The van der Waals surface area contributed by atoms with Gasteiger partial charge < -0.3 is 24.9 Å². The molecule has 0 atom stereocenters. The van der Waals surface area contributed by atoms with E-state index in [2.05, 4.69) is 42.3 Å². The van der Waals surface area contributed by atoms with Crippen molar-refractivity contribution in [1.82, 2.24) is 10.2 Å². The number of amides is 2. The molecule has 3 rings (SSSR count). The summed E-state index contributed by atoms with van der Waals surface area (Å²) in [5.41, 5.74) is 3.83. The Hall–Kier alpha value is -2.12. The number of nitrogens with one attached hydrogen (secondary N) is 3. The van der Waals surface area contributed by atoms with Crippen molar-refractivity contribution in [2.24, 2.45) is 0 Å². The minimum Gasteiger partial charge on any atom is -0.360 e. The largest absolute Gasteiger partial charge is 0.360 e. The van der Waals surface area contributed by atoms with E-state index in [1.807, 2.05) is 25.7 Å². The summed E-state index contributed by atoms with van der Waals surface area (Å²) in [5, 5.41) is 3.03. The molecule has 1 aromatic rings. The molecule has 3 N–H and O–H groups in total. The summed E-state index contributed by atoms with van der Waals surface area (Å²) in [7, 11) is 0. The molecule has 0 aromatic heterocycles. The second-order valence-electron chi connectivity index (χ2n) is 10.2. The van der Waals surface area contributed by atoms with E-state index < -0.39 is 0 Å². The highest BCUT2D eigenvalue weighted by atomic mass is 16.2. The highest BCUT2D eigenvalue weighted by molar-refractivity contribution is 5.78. The lowest BCUT2D eigenvalue weighted by Crippen LogP contribution is -3.17. The van der Waals surface area contributed by atoms with Crippen LogP contribution < -0.4 is 20.0 Å². The fourth-order valence-electron chi connectivity index (χ4n) is 4.58. The molecule has 0 saturated carbocycles. The van der Waals surface area contributed by atoms with Gasteiger partial charge in [-0.25, -0.2) is 0 Å². The van der Waals surface area contributed by atoms with Crippen LogP contribution >= 0.6 is 0 Å². The van der Waals surface area contributed by atoms with Crippen molar-refractivity contribution >= 4 is 17.5 Å². The maximum atomic E-state index is 12.8. The maximum Gasteiger partial charge on any atom is 0.278 e. The van der Waals surface area contributed by atoms with E-state index in [0.29, 0.717) is 13.1 Å². The molecule has 7 heteroatoms. The summed E-state index contributed by atoms with van der Waals surface area (Å²) < 4.78 is 0. The Morgan fingerprint density at radius 1 is 0.935 bits per heavy atom. The van der Waals surface area contributed by atoms with Crippen LogP contribution in [0.5, 0.6) is 0 Å². The van der Waals surface area contributed by atoms with Crippen molar-refractivity contribution in [2.45, 2.75) is 40.2 Å². The molecule has 0 aliphatic carbocycles. The van der Waals surface area contributed by atoms with Crippen LogP contribution in [0.3, 0.4) is 0 Å². The van der Waals surface area contributed by atoms with Crippen LogP contribution in [0.15, 0.2) is 18.2 Å². The lowest BCUT2D eigenvalue weighted by atomic mass is 10.1. The first-order valence-corrected chi connectivity index (χ1v) is 11.7. The first kappa shape index (κ1) is 23.5. The third-order valence-corrected chi connectivity index (χ3v) is 6.54. The number of anilines is 1. The molecule has 2 saturated heterocycles. The predicted molar refractivity (Wildman–Crippen MR) is 124 cm³/mol. The number of benzene rings is 1. The van der Waals surface area contributed by atoms with Crippen LogP contribution in [0.2, 0.25) is 0 Å². The summed E-state index contributed by atoms with van der Waals surface area (Å²) in [6.45, 7) is 18.6. The minimum absolute atomic E-state index is 0.0911. The standard InChI is InChI=1S/C24H39N5O2/c1-19-7-6-8-21(20(19)2)28-13-9-27(10-14-28)18-23(31)29-15-11-26(12-16-29)17-22(30)25-24(3,4)5/h6-8H,9-18H2,1-5H3,(H,25,30)/p+2. The van der Waals surface area contributed by atoms with Crippen LogP contribution in [0.4, 0.5) is 5.69 Å². The number of nitrogens with zero attached hydrogens (tertiary/aromatic N) is 2. The van der Waals surface area contributed by atoms with E-state index in [4.69, 9.17) is 0 Å². The summed E-state index contributed by atoms with van der Waals surface area (Å²) in [4.78, 5) is 32.1. The summed E-state index contributed by atoms with van der Waals surface area (Å²) in [5.74, 6) is 0.349. The van der Waals surface area contributed by atoms with Crippen LogP contribution in [-0.4, -0.2) is 87.7 Å². The van der Waals surface area contributed by atoms with Gasteiger partial charge in [0.15, 0.2) is 13.1 Å². The van der Waals surface area contributed by atoms with E-state index in [-0.39, 0.29) is 17.4 Å². The molecule has 7 nitrogen and oxygen atoms in total. The lowest BCUT2D eigenvalue weighted by molar-refractivity contribution is -0.898. The first-order chi connectivity index (χ1) is 14.6. The van der Waals surface area contributed by atoms with Crippen molar-refractivity contribution < 1.29 is 19.4 Å². The van der Waals surface area contributed by atoms with E-state index >= 15 is 0 Å². The van der Waals surface area contributed by atoms with Gasteiger partial charge in [-0.2, -0.15) is 0 Å². The molecule has 2 heterocycles. The molecule has 2 aliphatic heterocycles. The van der Waals surface area contributed by atoms with Crippen LogP contribution in [0.25, 0.3) is 0 Å². The fourth-order valence-corrected chi connectivity index (χ4v) is 4.58. The average Bonchev–Trinajstić information content (AvgIpc) is 2.70. The molecule has 2 fully saturated rings. The van der Waals surface area contributed by atoms with Crippen molar-refractivity contribution in [1.29, 1.82) is 0 Å². The van der Waals surface area contributed by atoms with Gasteiger partial charge in [0, 0.05) is 11.2 Å². The second-order valence-corrected chi connectivity index (χ2v) is 10.2. The molecule has 2 aliphatic rings. The van der Waals surface area contributed by atoms with Gasteiger partial charge in [0.1, 0.15) is 0 Å². The van der Waals surface area contributed by atoms with Gasteiger partial charge in [0.05, 0.1) is 52.4 Å². The summed E-state index contributed by atoms with van der Waals surface area (Å²) in [6, 6.07) is 6.51. The Morgan fingerprint density at radius 3 is 2.13 bits per heavy atom. The zero-order valence-corrected chi connectivity index (χ0v) is 20.0. The molecular formula is C24H41N5O2+2. The summed E-state index contributed by atoms with van der Waals surface area (Å²) in [6.07, 6.45) is 0. The molecule has 0 radical (unpaired) electrons. The molecule has 0 unspecified atom stereocenters. The Kier molecular flexibility index (Phi) is 7.59. The number of piperazine rings is 2. The van der Waals surface area contributed by atoms with Gasteiger partial charge in [0.25, 0.3) is 11.8 Å². The predicted octanol–water partition coefficient (Wildman–Crippen LogP) is -1.35. The number of carbonyl (C=O) groups is 2. The zero-order chi connectivity index (χ0) is 22.6. The van der Waals surface area contributed by atoms with Crippen molar-refractivity contribution in [3.8, 4) is 0 Å². The molecule has 172 valence electrons. The second kappa shape index (κ2) is 10.0. The number of hydrogen-bond donors (Lipinski definition) is 3. The quantitative estimate of drug-likeness (QED) is 0.540. The number of quaternary nitrogens is 2. The van der Waals surface area contributed by atoms with E-state index in [1.54, 1.807) is 0 Å². The minimum atomic E-state index is -0.195. The Bertz CT molecular complexity index is 773. The highest BCUT2D eigenvalue weighted by Crippen LogP contribution is 2.22. The van der Waals surface area contributed by atoms with Crippen LogP contribution in [0, 0.1) is 13.8 Å². The summed E-state index contributed by atoms with van der Waals surface area (Å²) >= 11 is 0. The number of rotatable bonds is 5. The van der Waals surface area contributed by atoms with Gasteiger partial charge in [0.2, 0.25) is 0 Å². The topological polar surface area (TPSA) is 61.5 Å². The van der Waals surface area contributed by atoms with Gasteiger partial charge in [-0.05, 0) is 51.8 Å². The van der Waals surface area contributed by atoms with Crippen molar-refractivity contribution in [3.05, 3.63) is 29.3 Å². The Labute approximate surface area is 187 Å². The third kappa shape index (κ3) is 6.68. The Balaban J connectivity index is 1.40. The van der Waals surface area contributed by atoms with Gasteiger partial charge >= 0.3 is 0 Å². The lowest BCUT2D eigenvalue weighted by Gasteiger charge is -2.36. The average molecular weight is 432 g/mol. The van der Waals surface area contributed by atoms with Crippen LogP contribution in [0.1, 0.15) is 31.9 Å². The fraction of sp³-hybridized carbons (Fsp3) is 0.667. The maximum absolute atomic E-state index is 12.8. The zero-order valence-electron chi connectivity index (χ0n) is 20.0. The van der Waals surface area contributed by atoms with Crippen molar-refractivity contribution in [3.63, 3.8) is 0 Å². The molecular weight excluding hydrogens is 390 g/mol. The highest BCUT2D eigenvalue weighted by Gasteiger charge is 2.29. The van der Waals surface area contributed by atoms with E-state index in [9.17, 15) is 9.59 Å². The first-order valence-electron chi connectivity index (χ1n) is 11.7. The van der Waals surface area contributed by atoms with Crippen LogP contribution in [-0.2, 0) is 9.59 Å². The number of carbonyl (C=O) groups excluding carboxylic acids is 2. The van der Waals surface area contributed by atoms with Gasteiger partial charge in [-0.1, -0.05) is 12.1 Å². The monoisotopic (exact) mass is 431 g/mol. The number of hydrogen-bond acceptors (Lipinski definition) is 3. The number of aryl methyl sites for hydroxylation is 1. The molecule has 0 bridgehead atoms. The molecule has 31 heavy (non-hydrogen) atoms. The normalized spacial score (nSPS) is 18.9. The SMILES string of the molecule is Cc1cccc(N2CC[NH+](CC(=O)N3CC[NH+](CC(=O)NC(C)(C)C)CC3)CC2)c1C. The molecule has 1 aromatic carbocycles. The smallest absolute Gasteiger partial charge is 0.278 e. The van der Waals surface area contributed by atoms with Crippen molar-refractivity contribution in [2.75, 3.05) is 70.3 Å². The van der Waals surface area contributed by atoms with E-state index in [1.165, 1.54) is 26.6 Å². The van der Waals surface area contributed by atoms with E-state index in [0.717, 1.165) is 52.4 Å². The molecule has 0 spiro atoms. The third-order valence-electron chi connectivity index (χ3n) is 6.54. The van der Waals surface area contributed by atoms with Gasteiger partial charge in [-0.15, -0.1) is 0 Å². The Morgan fingerprint density at radius 2 is 1.52 bits per heavy atom. The van der Waals surface area contributed by atoms with Gasteiger partial charge in [-0.3, -0.25) is 9.59 Å².